The third kappa shape index (κ3) is 4.99. The van der Waals surface area contributed by atoms with Crippen LogP contribution in [0.2, 0.25) is 0 Å². The number of nitrogens with zero attached hydrogens (tertiary/aromatic N) is 3. The molecule has 0 radical (unpaired) electrons. The first-order chi connectivity index (χ1) is 15.0. The number of anilines is 1. The van der Waals surface area contributed by atoms with E-state index in [0.29, 0.717) is 0 Å². The van der Waals surface area contributed by atoms with Crippen LogP contribution in [0.4, 0.5) is 14.5 Å². The van der Waals surface area contributed by atoms with Crippen LogP contribution in [-0.4, -0.2) is 57.8 Å². The number of rotatable bonds is 5. The van der Waals surface area contributed by atoms with Gasteiger partial charge in [-0.05, 0) is 38.1 Å². The maximum Gasteiger partial charge on any atom is 0.257 e. The van der Waals surface area contributed by atoms with E-state index in [9.17, 15) is 22.0 Å². The first-order valence-electron chi connectivity index (χ1n) is 9.95. The zero-order valence-corrected chi connectivity index (χ0v) is 18.7. The van der Waals surface area contributed by atoms with Crippen molar-refractivity contribution in [2.24, 2.45) is 0 Å². The Morgan fingerprint density at radius 1 is 1.09 bits per heavy atom. The Labute approximate surface area is 185 Å². The van der Waals surface area contributed by atoms with E-state index in [4.69, 9.17) is 10.00 Å². The summed E-state index contributed by atoms with van der Waals surface area (Å²) in [5, 5.41) is 8.83. The maximum absolute atomic E-state index is 14.3. The van der Waals surface area contributed by atoms with Crippen molar-refractivity contribution in [3.63, 3.8) is 0 Å². The number of halogens is 2. The topological polar surface area (TPSA) is 90.7 Å². The second-order valence-electron chi connectivity index (χ2n) is 7.77. The number of carbonyl (C=O) groups excluding carboxylic acids is 1. The lowest BCUT2D eigenvalue weighted by Crippen LogP contribution is -2.49. The van der Waals surface area contributed by atoms with Gasteiger partial charge in [0.05, 0.1) is 27.8 Å². The van der Waals surface area contributed by atoms with Gasteiger partial charge in [0.15, 0.2) is 9.84 Å². The molecule has 0 bridgehead atoms. The highest BCUT2D eigenvalue weighted by molar-refractivity contribution is 7.90. The fraction of sp³-hybridized carbons (Fsp3) is 0.364. The van der Waals surface area contributed by atoms with Crippen LogP contribution in [0.15, 0.2) is 35.2 Å². The number of hydrogen-bond donors (Lipinski definition) is 0. The van der Waals surface area contributed by atoms with Gasteiger partial charge < -0.3 is 14.5 Å². The molecule has 1 amide bonds. The van der Waals surface area contributed by atoms with E-state index in [1.165, 1.54) is 23.1 Å². The molecule has 0 atom stereocenters. The summed E-state index contributed by atoms with van der Waals surface area (Å²) in [7, 11) is -3.53. The molecule has 3 rings (SSSR count). The summed E-state index contributed by atoms with van der Waals surface area (Å²) in [6.07, 6.45) is 0.834. The number of amides is 1. The Bertz CT molecular complexity index is 1180. The van der Waals surface area contributed by atoms with E-state index < -0.39 is 27.4 Å². The predicted molar refractivity (Wildman–Crippen MR) is 115 cm³/mol. The highest BCUT2D eigenvalue weighted by Gasteiger charge is 2.27. The molecule has 1 fully saturated rings. The smallest absolute Gasteiger partial charge is 0.257 e. The van der Waals surface area contributed by atoms with Crippen LogP contribution in [0.3, 0.4) is 0 Å². The van der Waals surface area contributed by atoms with Gasteiger partial charge in [0.2, 0.25) is 0 Å². The molecular weight excluding hydrogens is 440 g/mol. The second kappa shape index (κ2) is 9.12. The van der Waals surface area contributed by atoms with Gasteiger partial charge in [0, 0.05) is 38.5 Å². The molecule has 7 nitrogen and oxygen atoms in total. The van der Waals surface area contributed by atoms with Crippen molar-refractivity contribution in [3.8, 4) is 11.8 Å². The summed E-state index contributed by atoms with van der Waals surface area (Å²) < 4.78 is 57.9. The van der Waals surface area contributed by atoms with Crippen LogP contribution in [0.1, 0.15) is 29.8 Å². The summed E-state index contributed by atoms with van der Waals surface area (Å²) in [6, 6.07) is 7.60. The molecule has 1 heterocycles. The minimum absolute atomic E-state index is 0.00530. The van der Waals surface area contributed by atoms with Crippen molar-refractivity contribution in [3.05, 3.63) is 53.1 Å². The molecule has 1 aliphatic rings. The van der Waals surface area contributed by atoms with Crippen molar-refractivity contribution in [1.82, 2.24) is 4.90 Å². The van der Waals surface area contributed by atoms with Crippen LogP contribution in [0, 0.1) is 23.0 Å². The van der Waals surface area contributed by atoms with E-state index in [2.05, 4.69) is 0 Å². The van der Waals surface area contributed by atoms with Crippen molar-refractivity contribution in [2.45, 2.75) is 24.8 Å². The number of ether oxygens (including phenoxy) is 1. The average molecular weight is 464 g/mol. The van der Waals surface area contributed by atoms with Gasteiger partial charge in [-0.2, -0.15) is 5.26 Å². The summed E-state index contributed by atoms with van der Waals surface area (Å²) in [5.41, 5.74) is -0.217. The highest BCUT2D eigenvalue weighted by atomic mass is 32.2. The monoisotopic (exact) mass is 463 g/mol. The Hall–Kier alpha value is -3.19. The Balaban J connectivity index is 1.82. The van der Waals surface area contributed by atoms with Crippen molar-refractivity contribution < 1.29 is 26.7 Å². The summed E-state index contributed by atoms with van der Waals surface area (Å²) >= 11 is 0. The fourth-order valence-electron chi connectivity index (χ4n) is 3.45. The van der Waals surface area contributed by atoms with E-state index in [1.807, 2.05) is 0 Å². The third-order valence-corrected chi connectivity index (χ3v) is 6.15. The molecule has 1 aliphatic heterocycles. The molecule has 2 aromatic rings. The van der Waals surface area contributed by atoms with Gasteiger partial charge in [-0.3, -0.25) is 4.79 Å². The third-order valence-electron chi connectivity index (χ3n) is 5.04. The predicted octanol–water partition coefficient (Wildman–Crippen LogP) is 2.99. The molecule has 0 unspecified atom stereocenters. The number of hydrogen-bond acceptors (Lipinski definition) is 6. The molecule has 0 spiro atoms. The zero-order chi connectivity index (χ0) is 23.6. The van der Waals surface area contributed by atoms with Gasteiger partial charge in [-0.15, -0.1) is 0 Å². The van der Waals surface area contributed by atoms with Gasteiger partial charge in [-0.1, -0.05) is 0 Å². The highest BCUT2D eigenvalue weighted by Crippen LogP contribution is 2.28. The molecule has 10 heteroatoms. The molecule has 0 saturated carbocycles. The molecule has 2 aromatic carbocycles. The van der Waals surface area contributed by atoms with Crippen LogP contribution in [-0.2, 0) is 9.84 Å². The van der Waals surface area contributed by atoms with E-state index in [1.54, 1.807) is 24.8 Å². The standard InChI is InChI=1S/C22H23F2N3O4S/c1-14(2)31-21-5-4-16(32(3,29)30)11-17(21)22(28)27-8-6-26(7-9-27)20-12-18(23)15(13-25)10-19(20)24/h4-5,10-12,14H,6-9H2,1-3H3. The largest absolute Gasteiger partial charge is 0.490 e. The molecule has 170 valence electrons. The van der Waals surface area contributed by atoms with Crippen molar-refractivity contribution in [1.29, 1.82) is 5.26 Å². The van der Waals surface area contributed by atoms with Gasteiger partial charge in [0.25, 0.3) is 5.91 Å². The normalized spacial score (nSPS) is 14.4. The summed E-state index contributed by atoms with van der Waals surface area (Å²) in [6.45, 7) is 4.49. The fourth-order valence-corrected chi connectivity index (χ4v) is 4.10. The van der Waals surface area contributed by atoms with Gasteiger partial charge in [-0.25, -0.2) is 17.2 Å². The lowest BCUT2D eigenvalue weighted by Gasteiger charge is -2.36. The number of carbonyl (C=O) groups is 1. The Morgan fingerprint density at radius 3 is 2.31 bits per heavy atom. The van der Waals surface area contributed by atoms with Crippen molar-refractivity contribution in [2.75, 3.05) is 37.3 Å². The number of benzene rings is 2. The second-order valence-corrected chi connectivity index (χ2v) is 9.79. The lowest BCUT2D eigenvalue weighted by atomic mass is 10.1. The minimum atomic E-state index is -3.53. The van der Waals surface area contributed by atoms with Crippen LogP contribution < -0.4 is 9.64 Å². The Kier molecular flexibility index (Phi) is 6.69. The molecular formula is C22H23F2N3O4S. The van der Waals surface area contributed by atoms with Crippen molar-refractivity contribution >= 4 is 21.4 Å². The SMILES string of the molecule is CC(C)Oc1ccc(S(C)(=O)=O)cc1C(=O)N1CCN(c2cc(F)c(C#N)cc2F)CC1. The minimum Gasteiger partial charge on any atom is -0.490 e. The van der Waals surface area contributed by atoms with Gasteiger partial charge in [0.1, 0.15) is 23.5 Å². The van der Waals surface area contributed by atoms with E-state index in [-0.39, 0.29) is 59.7 Å². The van der Waals surface area contributed by atoms with E-state index >= 15 is 0 Å². The molecule has 1 saturated heterocycles. The summed E-state index contributed by atoms with van der Waals surface area (Å²) in [4.78, 5) is 16.3. The Morgan fingerprint density at radius 2 is 1.75 bits per heavy atom. The molecule has 0 aliphatic carbocycles. The number of nitriles is 1. The first-order valence-corrected chi connectivity index (χ1v) is 11.8. The quantitative estimate of drug-likeness (QED) is 0.677. The van der Waals surface area contributed by atoms with Crippen LogP contribution >= 0.6 is 0 Å². The molecule has 32 heavy (non-hydrogen) atoms. The van der Waals surface area contributed by atoms with Gasteiger partial charge >= 0.3 is 0 Å². The number of piperazine rings is 1. The average Bonchev–Trinajstić information content (AvgIpc) is 2.73. The number of sulfone groups is 1. The maximum atomic E-state index is 14.3. The first kappa shape index (κ1) is 23.5. The zero-order valence-electron chi connectivity index (χ0n) is 17.9. The molecule has 0 aromatic heterocycles. The van der Waals surface area contributed by atoms with E-state index in [0.717, 1.165) is 18.4 Å². The molecule has 0 N–H and O–H groups in total. The summed E-state index contributed by atoms with van der Waals surface area (Å²) in [5.74, 6) is -1.65. The lowest BCUT2D eigenvalue weighted by molar-refractivity contribution is 0.0740. The van der Waals surface area contributed by atoms with Crippen LogP contribution in [0.5, 0.6) is 5.75 Å². The van der Waals surface area contributed by atoms with Crippen LogP contribution in [0.25, 0.3) is 0 Å².